The highest BCUT2D eigenvalue weighted by Crippen LogP contribution is 2.23. The maximum atomic E-state index is 13.6. The van der Waals surface area contributed by atoms with Crippen molar-refractivity contribution in [2.24, 2.45) is 0 Å². The molecule has 5 heteroatoms. The van der Waals surface area contributed by atoms with Crippen LogP contribution in [0, 0.1) is 5.82 Å². The van der Waals surface area contributed by atoms with Gasteiger partial charge in [-0.1, -0.05) is 24.3 Å². The van der Waals surface area contributed by atoms with Crippen molar-refractivity contribution in [2.75, 3.05) is 7.05 Å². The largest absolute Gasteiger partial charge is 0.335 e. The SMILES string of the molecule is CN(Cc1nc2ccccc2s1)C(=O)c1ccccc1F. The number of fused-ring (bicyclic) bond motifs is 1. The maximum absolute atomic E-state index is 13.6. The summed E-state index contributed by atoms with van der Waals surface area (Å²) in [6.45, 7) is 0.368. The van der Waals surface area contributed by atoms with Gasteiger partial charge >= 0.3 is 0 Å². The summed E-state index contributed by atoms with van der Waals surface area (Å²) in [7, 11) is 1.65. The van der Waals surface area contributed by atoms with Gasteiger partial charge in [0.05, 0.1) is 22.3 Å². The van der Waals surface area contributed by atoms with Crippen molar-refractivity contribution in [1.29, 1.82) is 0 Å². The van der Waals surface area contributed by atoms with Crippen molar-refractivity contribution in [3.05, 3.63) is 64.9 Å². The first kappa shape index (κ1) is 13.7. The van der Waals surface area contributed by atoms with Gasteiger partial charge in [0.1, 0.15) is 10.8 Å². The summed E-state index contributed by atoms with van der Waals surface area (Å²) in [5.74, 6) is -0.842. The average molecular weight is 300 g/mol. The van der Waals surface area contributed by atoms with Gasteiger partial charge in [0.25, 0.3) is 5.91 Å². The lowest BCUT2D eigenvalue weighted by Gasteiger charge is -2.15. The lowest BCUT2D eigenvalue weighted by atomic mass is 10.2. The molecule has 1 amide bonds. The molecule has 0 spiro atoms. The molecular formula is C16H13FN2OS. The third-order valence-electron chi connectivity index (χ3n) is 3.16. The Labute approximate surface area is 125 Å². The Hall–Kier alpha value is -2.27. The van der Waals surface area contributed by atoms with Crippen molar-refractivity contribution in [1.82, 2.24) is 9.88 Å². The topological polar surface area (TPSA) is 33.2 Å². The summed E-state index contributed by atoms with van der Waals surface area (Å²) in [6.07, 6.45) is 0. The van der Waals surface area contributed by atoms with Gasteiger partial charge in [-0.15, -0.1) is 11.3 Å². The van der Waals surface area contributed by atoms with Crippen LogP contribution in [0.2, 0.25) is 0 Å². The molecule has 0 aliphatic carbocycles. The fourth-order valence-electron chi connectivity index (χ4n) is 2.10. The van der Waals surface area contributed by atoms with Crippen LogP contribution < -0.4 is 0 Å². The van der Waals surface area contributed by atoms with Crippen molar-refractivity contribution >= 4 is 27.5 Å². The molecule has 2 aromatic carbocycles. The Morgan fingerprint density at radius 3 is 2.67 bits per heavy atom. The van der Waals surface area contributed by atoms with Crippen LogP contribution >= 0.6 is 11.3 Å². The molecule has 3 aromatic rings. The van der Waals surface area contributed by atoms with E-state index in [-0.39, 0.29) is 11.5 Å². The van der Waals surface area contributed by atoms with Crippen LogP contribution in [0.1, 0.15) is 15.4 Å². The van der Waals surface area contributed by atoms with E-state index in [2.05, 4.69) is 4.98 Å². The van der Waals surface area contributed by atoms with Crippen LogP contribution in [0.5, 0.6) is 0 Å². The number of amides is 1. The molecule has 3 rings (SSSR count). The lowest BCUT2D eigenvalue weighted by Crippen LogP contribution is -2.26. The van der Waals surface area contributed by atoms with Crippen LogP contribution in [0.15, 0.2) is 48.5 Å². The Balaban J connectivity index is 1.81. The highest BCUT2D eigenvalue weighted by Gasteiger charge is 2.17. The van der Waals surface area contributed by atoms with E-state index >= 15 is 0 Å². The van der Waals surface area contributed by atoms with Gasteiger partial charge in [0, 0.05) is 7.05 Å². The molecule has 0 unspecified atom stereocenters. The van der Waals surface area contributed by atoms with E-state index in [0.29, 0.717) is 6.54 Å². The van der Waals surface area contributed by atoms with E-state index in [0.717, 1.165) is 15.2 Å². The molecule has 0 atom stereocenters. The molecule has 0 N–H and O–H groups in total. The zero-order valence-electron chi connectivity index (χ0n) is 11.4. The summed E-state index contributed by atoms with van der Waals surface area (Å²) in [5.41, 5.74) is 1.00. The van der Waals surface area contributed by atoms with Crippen LogP contribution in [-0.2, 0) is 6.54 Å². The van der Waals surface area contributed by atoms with E-state index < -0.39 is 5.82 Å². The normalized spacial score (nSPS) is 10.8. The predicted octanol–water partition coefficient (Wildman–Crippen LogP) is 3.71. The Morgan fingerprint density at radius 1 is 1.19 bits per heavy atom. The standard InChI is InChI=1S/C16H13FN2OS/c1-19(16(20)11-6-2-3-7-12(11)17)10-15-18-13-8-4-5-9-14(13)21-15/h2-9H,10H2,1H3. The predicted molar refractivity (Wildman–Crippen MR) is 81.8 cm³/mol. The molecule has 0 bridgehead atoms. The number of nitrogens with zero attached hydrogens (tertiary/aromatic N) is 2. The lowest BCUT2D eigenvalue weighted by molar-refractivity contribution is 0.0780. The second-order valence-electron chi connectivity index (χ2n) is 4.72. The third-order valence-corrected chi connectivity index (χ3v) is 4.18. The number of hydrogen-bond acceptors (Lipinski definition) is 3. The Morgan fingerprint density at radius 2 is 1.90 bits per heavy atom. The van der Waals surface area contributed by atoms with E-state index in [9.17, 15) is 9.18 Å². The number of halogens is 1. The van der Waals surface area contributed by atoms with Gasteiger partial charge < -0.3 is 4.90 Å². The summed E-state index contributed by atoms with van der Waals surface area (Å²) in [6, 6.07) is 13.8. The van der Waals surface area contributed by atoms with Gasteiger partial charge in [-0.05, 0) is 24.3 Å². The number of aromatic nitrogens is 1. The second-order valence-corrected chi connectivity index (χ2v) is 5.83. The maximum Gasteiger partial charge on any atom is 0.256 e. The van der Waals surface area contributed by atoms with E-state index in [1.165, 1.54) is 17.0 Å². The number of hydrogen-bond donors (Lipinski definition) is 0. The first-order chi connectivity index (χ1) is 10.1. The van der Waals surface area contributed by atoms with Crippen LogP contribution in [0.25, 0.3) is 10.2 Å². The van der Waals surface area contributed by atoms with Gasteiger partial charge in [-0.25, -0.2) is 9.37 Å². The molecule has 0 radical (unpaired) electrons. The summed E-state index contributed by atoms with van der Waals surface area (Å²) in [5, 5.41) is 0.836. The third kappa shape index (κ3) is 2.78. The van der Waals surface area contributed by atoms with Crippen LogP contribution in [0.4, 0.5) is 4.39 Å². The number of thiazole rings is 1. The van der Waals surface area contributed by atoms with Crippen molar-refractivity contribution in [3.63, 3.8) is 0 Å². The zero-order chi connectivity index (χ0) is 14.8. The molecule has 0 fully saturated rings. The molecular weight excluding hydrogens is 287 g/mol. The van der Waals surface area contributed by atoms with Crippen LogP contribution in [-0.4, -0.2) is 22.8 Å². The number of para-hydroxylation sites is 1. The van der Waals surface area contributed by atoms with Crippen molar-refractivity contribution in [2.45, 2.75) is 6.54 Å². The second kappa shape index (κ2) is 5.61. The highest BCUT2D eigenvalue weighted by atomic mass is 32.1. The Bertz CT molecular complexity index is 767. The van der Waals surface area contributed by atoms with Crippen molar-refractivity contribution < 1.29 is 9.18 Å². The summed E-state index contributed by atoms with van der Waals surface area (Å²) in [4.78, 5) is 18.2. The first-order valence-corrected chi connectivity index (χ1v) is 7.31. The molecule has 21 heavy (non-hydrogen) atoms. The molecule has 3 nitrogen and oxygen atoms in total. The summed E-state index contributed by atoms with van der Waals surface area (Å²) < 4.78 is 14.7. The molecule has 0 aliphatic rings. The smallest absolute Gasteiger partial charge is 0.256 e. The summed E-state index contributed by atoms with van der Waals surface area (Å²) >= 11 is 1.54. The van der Waals surface area contributed by atoms with E-state index in [1.54, 1.807) is 30.5 Å². The highest BCUT2D eigenvalue weighted by molar-refractivity contribution is 7.18. The minimum atomic E-state index is -0.501. The molecule has 1 aromatic heterocycles. The van der Waals surface area contributed by atoms with Gasteiger partial charge in [-0.2, -0.15) is 0 Å². The molecule has 0 aliphatic heterocycles. The van der Waals surface area contributed by atoms with Crippen molar-refractivity contribution in [3.8, 4) is 0 Å². The minimum Gasteiger partial charge on any atom is -0.335 e. The van der Waals surface area contributed by atoms with E-state index in [1.807, 2.05) is 24.3 Å². The molecule has 106 valence electrons. The van der Waals surface area contributed by atoms with Gasteiger partial charge in [-0.3, -0.25) is 4.79 Å². The molecule has 1 heterocycles. The average Bonchev–Trinajstić information content (AvgIpc) is 2.89. The fraction of sp³-hybridized carbons (Fsp3) is 0.125. The number of carbonyl (C=O) groups excluding carboxylic acids is 1. The minimum absolute atomic E-state index is 0.0844. The number of carbonyl (C=O) groups is 1. The Kier molecular flexibility index (Phi) is 3.66. The fourth-order valence-corrected chi connectivity index (χ4v) is 3.12. The number of benzene rings is 2. The molecule has 0 saturated carbocycles. The molecule has 0 saturated heterocycles. The first-order valence-electron chi connectivity index (χ1n) is 6.49. The zero-order valence-corrected chi connectivity index (χ0v) is 12.2. The van der Waals surface area contributed by atoms with E-state index in [4.69, 9.17) is 0 Å². The number of rotatable bonds is 3. The quantitative estimate of drug-likeness (QED) is 0.739. The van der Waals surface area contributed by atoms with Gasteiger partial charge in [0.15, 0.2) is 0 Å². The van der Waals surface area contributed by atoms with Gasteiger partial charge in [0.2, 0.25) is 0 Å². The monoisotopic (exact) mass is 300 g/mol. The van der Waals surface area contributed by atoms with Crippen LogP contribution in [0.3, 0.4) is 0 Å².